The van der Waals surface area contributed by atoms with E-state index in [0.717, 1.165) is 6.42 Å². The van der Waals surface area contributed by atoms with E-state index in [2.05, 4.69) is 29.6 Å². The number of rotatable bonds is 3. The lowest BCUT2D eigenvalue weighted by atomic mass is 10.00. The van der Waals surface area contributed by atoms with Crippen molar-refractivity contribution in [3.8, 4) is 0 Å². The lowest BCUT2D eigenvalue weighted by Crippen LogP contribution is -2.36. The normalized spacial score (nSPS) is 28.6. The third-order valence-corrected chi connectivity index (χ3v) is 6.70. The van der Waals surface area contributed by atoms with Crippen molar-refractivity contribution >= 4 is 26.5 Å². The summed E-state index contributed by atoms with van der Waals surface area (Å²) in [6.07, 6.45) is 1.39. The predicted molar refractivity (Wildman–Crippen MR) is 90.0 cm³/mol. The van der Waals surface area contributed by atoms with Crippen LogP contribution in [0.1, 0.15) is 24.3 Å². The van der Waals surface area contributed by atoms with Crippen molar-refractivity contribution < 1.29 is 13.2 Å². The predicted octanol–water partition coefficient (Wildman–Crippen LogP) is 2.25. The number of hydrogen-bond donors (Lipinski definition) is 1. The number of benzene rings is 2. The van der Waals surface area contributed by atoms with Crippen molar-refractivity contribution in [1.82, 2.24) is 5.32 Å². The first kappa shape index (κ1) is 14.7. The van der Waals surface area contributed by atoms with E-state index in [0.29, 0.717) is 6.42 Å². The molecule has 4 rings (SSSR count). The fourth-order valence-corrected chi connectivity index (χ4v) is 5.29. The Morgan fingerprint density at radius 2 is 1.87 bits per heavy atom. The number of nitrogens with one attached hydrogen (secondary N) is 1. The number of hydrogen-bond acceptors (Lipinski definition) is 3. The third-order valence-electron chi connectivity index (χ3n) is 4.93. The van der Waals surface area contributed by atoms with Crippen molar-refractivity contribution in [1.29, 1.82) is 0 Å². The molecule has 1 aliphatic heterocycles. The second-order valence-electron chi connectivity index (χ2n) is 6.63. The highest BCUT2D eigenvalue weighted by molar-refractivity contribution is 7.91. The molecular weight excluding hydrogens is 310 g/mol. The van der Waals surface area contributed by atoms with Gasteiger partial charge in [-0.1, -0.05) is 42.5 Å². The zero-order valence-electron chi connectivity index (χ0n) is 12.7. The van der Waals surface area contributed by atoms with Crippen molar-refractivity contribution in [2.75, 3.05) is 11.5 Å². The van der Waals surface area contributed by atoms with E-state index >= 15 is 0 Å². The van der Waals surface area contributed by atoms with E-state index < -0.39 is 9.84 Å². The van der Waals surface area contributed by atoms with Gasteiger partial charge in [0.1, 0.15) is 0 Å². The van der Waals surface area contributed by atoms with Crippen LogP contribution in [0.2, 0.25) is 0 Å². The van der Waals surface area contributed by atoms with Crippen LogP contribution in [0.15, 0.2) is 42.5 Å². The molecule has 1 heterocycles. The van der Waals surface area contributed by atoms with Gasteiger partial charge in [-0.2, -0.15) is 0 Å². The molecule has 1 N–H and O–H groups in total. The summed E-state index contributed by atoms with van der Waals surface area (Å²) in [4.78, 5) is 12.4. The minimum atomic E-state index is -2.96. The molecule has 0 spiro atoms. The average molecular weight is 329 g/mol. The number of amides is 1. The average Bonchev–Trinajstić information content (AvgIpc) is 3.26. The Bertz CT molecular complexity index is 869. The molecule has 2 aliphatic rings. The lowest BCUT2D eigenvalue weighted by molar-refractivity contribution is -0.122. The van der Waals surface area contributed by atoms with E-state index in [9.17, 15) is 13.2 Å². The van der Waals surface area contributed by atoms with Gasteiger partial charge in [-0.3, -0.25) is 4.79 Å². The molecule has 5 heteroatoms. The highest BCUT2D eigenvalue weighted by Crippen LogP contribution is 2.49. The Morgan fingerprint density at radius 3 is 2.65 bits per heavy atom. The van der Waals surface area contributed by atoms with Gasteiger partial charge in [0.25, 0.3) is 0 Å². The monoisotopic (exact) mass is 329 g/mol. The zero-order chi connectivity index (χ0) is 16.0. The van der Waals surface area contributed by atoms with Gasteiger partial charge < -0.3 is 5.32 Å². The standard InChI is InChI=1S/C18H19NO3S/c20-18(19-13-8-9-23(21,22)11-13)17-10-16(17)15-7-3-5-12-4-1-2-6-14(12)15/h1-7,13,16-17H,8-11H2,(H,19,20)/t13-,16-,17-/m1/s1. The van der Waals surface area contributed by atoms with Crippen LogP contribution in [-0.2, 0) is 14.6 Å². The Kier molecular flexibility index (Phi) is 3.41. The van der Waals surface area contributed by atoms with Crippen LogP contribution in [0, 0.1) is 5.92 Å². The van der Waals surface area contributed by atoms with Gasteiger partial charge in [0.05, 0.1) is 11.5 Å². The molecule has 2 aromatic rings. The van der Waals surface area contributed by atoms with Crippen LogP contribution in [0.5, 0.6) is 0 Å². The van der Waals surface area contributed by atoms with E-state index in [-0.39, 0.29) is 35.3 Å². The molecule has 3 atom stereocenters. The molecule has 4 nitrogen and oxygen atoms in total. The number of fused-ring (bicyclic) bond motifs is 1. The summed E-state index contributed by atoms with van der Waals surface area (Å²) in [7, 11) is -2.96. The Hall–Kier alpha value is -1.88. The van der Waals surface area contributed by atoms with E-state index in [4.69, 9.17) is 0 Å². The van der Waals surface area contributed by atoms with Gasteiger partial charge in [-0.05, 0) is 35.1 Å². The quantitative estimate of drug-likeness (QED) is 0.939. The fourth-order valence-electron chi connectivity index (χ4n) is 3.62. The molecule has 1 aliphatic carbocycles. The topological polar surface area (TPSA) is 63.2 Å². The van der Waals surface area contributed by atoms with Crippen molar-refractivity contribution in [3.05, 3.63) is 48.0 Å². The second kappa shape index (κ2) is 5.34. The first-order valence-electron chi connectivity index (χ1n) is 8.02. The molecular formula is C18H19NO3S. The maximum absolute atomic E-state index is 12.4. The van der Waals surface area contributed by atoms with Crippen LogP contribution in [-0.4, -0.2) is 31.9 Å². The van der Waals surface area contributed by atoms with E-state index in [1.165, 1.54) is 16.3 Å². The molecule has 120 valence electrons. The Morgan fingerprint density at radius 1 is 1.09 bits per heavy atom. The Labute approximate surface area is 135 Å². The van der Waals surface area contributed by atoms with Crippen LogP contribution < -0.4 is 5.32 Å². The van der Waals surface area contributed by atoms with Crippen LogP contribution in [0.3, 0.4) is 0 Å². The van der Waals surface area contributed by atoms with Crippen molar-refractivity contribution in [2.45, 2.75) is 24.8 Å². The smallest absolute Gasteiger partial charge is 0.223 e. The van der Waals surface area contributed by atoms with E-state index in [1.54, 1.807) is 0 Å². The highest BCUT2D eigenvalue weighted by Gasteiger charge is 2.45. The molecule has 2 fully saturated rings. The molecule has 0 radical (unpaired) electrons. The van der Waals surface area contributed by atoms with Gasteiger partial charge in [-0.15, -0.1) is 0 Å². The minimum absolute atomic E-state index is 0.00466. The summed E-state index contributed by atoms with van der Waals surface area (Å²) in [6, 6.07) is 14.2. The third kappa shape index (κ3) is 2.85. The number of sulfone groups is 1. The van der Waals surface area contributed by atoms with Gasteiger partial charge >= 0.3 is 0 Å². The molecule has 0 bridgehead atoms. The summed E-state index contributed by atoms with van der Waals surface area (Å²) in [5.74, 6) is 0.507. The first-order chi connectivity index (χ1) is 11.0. The largest absolute Gasteiger partial charge is 0.352 e. The van der Waals surface area contributed by atoms with Crippen LogP contribution >= 0.6 is 0 Å². The van der Waals surface area contributed by atoms with Gasteiger partial charge in [0.2, 0.25) is 5.91 Å². The van der Waals surface area contributed by atoms with Gasteiger partial charge in [-0.25, -0.2) is 8.42 Å². The number of carbonyl (C=O) groups is 1. The summed E-state index contributed by atoms with van der Waals surface area (Å²) in [6.45, 7) is 0. The molecule has 1 amide bonds. The minimum Gasteiger partial charge on any atom is -0.352 e. The molecule has 1 saturated heterocycles. The second-order valence-corrected chi connectivity index (χ2v) is 8.85. The highest BCUT2D eigenvalue weighted by atomic mass is 32.2. The molecule has 0 unspecified atom stereocenters. The SMILES string of the molecule is O=C(N[C@@H]1CCS(=O)(=O)C1)[C@@H]1C[C@@H]1c1cccc2ccccc12. The summed E-state index contributed by atoms with van der Waals surface area (Å²) in [5.41, 5.74) is 1.22. The summed E-state index contributed by atoms with van der Waals surface area (Å²) < 4.78 is 23.0. The van der Waals surface area contributed by atoms with Gasteiger partial charge in [0, 0.05) is 12.0 Å². The van der Waals surface area contributed by atoms with E-state index in [1.807, 2.05) is 18.2 Å². The Balaban J connectivity index is 1.48. The maximum atomic E-state index is 12.4. The van der Waals surface area contributed by atoms with Crippen LogP contribution in [0.25, 0.3) is 10.8 Å². The zero-order valence-corrected chi connectivity index (χ0v) is 13.6. The molecule has 0 aromatic heterocycles. The fraction of sp³-hybridized carbons (Fsp3) is 0.389. The van der Waals surface area contributed by atoms with Gasteiger partial charge in [0.15, 0.2) is 9.84 Å². The molecule has 23 heavy (non-hydrogen) atoms. The molecule has 2 aromatic carbocycles. The number of carbonyl (C=O) groups excluding carboxylic acids is 1. The molecule has 1 saturated carbocycles. The van der Waals surface area contributed by atoms with Crippen molar-refractivity contribution in [2.24, 2.45) is 5.92 Å². The maximum Gasteiger partial charge on any atom is 0.223 e. The van der Waals surface area contributed by atoms with Crippen molar-refractivity contribution in [3.63, 3.8) is 0 Å². The summed E-state index contributed by atoms with van der Waals surface area (Å²) in [5, 5.41) is 5.33. The van der Waals surface area contributed by atoms with Crippen LogP contribution in [0.4, 0.5) is 0 Å². The lowest BCUT2D eigenvalue weighted by Gasteiger charge is -2.11. The first-order valence-corrected chi connectivity index (χ1v) is 9.84. The summed E-state index contributed by atoms with van der Waals surface area (Å²) >= 11 is 0.